The number of nitrogens with one attached hydrogen (secondary N) is 1. The molecule has 7 heteroatoms. The molecule has 0 bridgehead atoms. The molecule has 1 N–H and O–H groups in total. The molecular weight excluding hydrogens is 320 g/mol. The number of nitrogens with zero attached hydrogens (tertiary/aromatic N) is 2. The minimum absolute atomic E-state index is 0.158. The van der Waals surface area contributed by atoms with Crippen LogP contribution in [0.2, 0.25) is 0 Å². The topological polar surface area (TPSA) is 49.0 Å². The van der Waals surface area contributed by atoms with Crippen molar-refractivity contribution >= 4 is 21.6 Å². The SMILES string of the molecule is CC(c1ccc(F)c(F)c1)N(C)Cc1nc2ccsc2c(=O)[nH]1. The molecule has 0 spiro atoms. The molecule has 0 amide bonds. The number of hydrogen-bond donors (Lipinski definition) is 1. The summed E-state index contributed by atoms with van der Waals surface area (Å²) in [6.45, 7) is 2.27. The lowest BCUT2D eigenvalue weighted by Gasteiger charge is -2.24. The molecule has 0 saturated heterocycles. The molecule has 120 valence electrons. The molecule has 2 heterocycles. The van der Waals surface area contributed by atoms with Gasteiger partial charge in [-0.05, 0) is 43.1 Å². The van der Waals surface area contributed by atoms with Gasteiger partial charge in [0.05, 0.1) is 12.1 Å². The fourth-order valence-corrected chi connectivity index (χ4v) is 3.12. The molecule has 1 unspecified atom stereocenters. The predicted octanol–water partition coefficient (Wildman–Crippen LogP) is 3.46. The molecule has 4 nitrogen and oxygen atoms in total. The van der Waals surface area contributed by atoms with Crippen LogP contribution in [0.3, 0.4) is 0 Å². The van der Waals surface area contributed by atoms with Gasteiger partial charge in [-0.2, -0.15) is 0 Å². The van der Waals surface area contributed by atoms with Crippen LogP contribution in [0.4, 0.5) is 8.78 Å². The van der Waals surface area contributed by atoms with Crippen LogP contribution in [-0.2, 0) is 6.54 Å². The highest BCUT2D eigenvalue weighted by Crippen LogP contribution is 2.22. The second-order valence-corrected chi connectivity index (χ2v) is 6.33. The highest BCUT2D eigenvalue weighted by molar-refractivity contribution is 7.17. The van der Waals surface area contributed by atoms with E-state index < -0.39 is 11.6 Å². The van der Waals surface area contributed by atoms with Crippen LogP contribution in [0.1, 0.15) is 24.4 Å². The van der Waals surface area contributed by atoms with Crippen molar-refractivity contribution in [2.45, 2.75) is 19.5 Å². The molecule has 2 aromatic heterocycles. The fourth-order valence-electron chi connectivity index (χ4n) is 2.40. The molecule has 23 heavy (non-hydrogen) atoms. The number of rotatable bonds is 4. The standard InChI is InChI=1S/C16H15F2N3OS/c1-9(10-3-4-11(17)12(18)7-10)21(2)8-14-19-13-5-6-23-15(13)16(22)20-14/h3-7,9H,8H2,1-2H3,(H,19,20,22). The Balaban J connectivity index is 1.82. The lowest BCUT2D eigenvalue weighted by Crippen LogP contribution is -2.25. The van der Waals surface area contributed by atoms with Crippen molar-refractivity contribution in [2.75, 3.05) is 7.05 Å². The highest BCUT2D eigenvalue weighted by Gasteiger charge is 2.16. The zero-order chi connectivity index (χ0) is 16.6. The molecule has 0 radical (unpaired) electrons. The fraction of sp³-hybridized carbons (Fsp3) is 0.250. The van der Waals surface area contributed by atoms with Crippen molar-refractivity contribution in [1.29, 1.82) is 0 Å². The van der Waals surface area contributed by atoms with Crippen LogP contribution < -0.4 is 5.56 Å². The van der Waals surface area contributed by atoms with E-state index in [1.807, 2.05) is 24.3 Å². The third-order valence-corrected chi connectivity index (χ3v) is 4.75. The number of halogens is 2. The summed E-state index contributed by atoms with van der Waals surface area (Å²) in [5, 5.41) is 1.82. The molecule has 1 atom stereocenters. The number of benzene rings is 1. The largest absolute Gasteiger partial charge is 0.308 e. The van der Waals surface area contributed by atoms with Crippen molar-refractivity contribution < 1.29 is 8.78 Å². The Kier molecular flexibility index (Phi) is 4.23. The number of aromatic nitrogens is 2. The van der Waals surface area contributed by atoms with E-state index in [1.54, 1.807) is 12.1 Å². The predicted molar refractivity (Wildman–Crippen MR) is 86.5 cm³/mol. The Morgan fingerprint density at radius 2 is 2.09 bits per heavy atom. The van der Waals surface area contributed by atoms with Gasteiger partial charge in [0.1, 0.15) is 10.5 Å². The summed E-state index contributed by atoms with van der Waals surface area (Å²) in [4.78, 5) is 21.1. The zero-order valence-corrected chi connectivity index (χ0v) is 13.5. The first kappa shape index (κ1) is 15.8. The molecule has 1 aromatic carbocycles. The molecular formula is C16H15F2N3OS. The van der Waals surface area contributed by atoms with E-state index in [9.17, 15) is 13.6 Å². The second-order valence-electron chi connectivity index (χ2n) is 5.41. The number of H-pyrrole nitrogens is 1. The van der Waals surface area contributed by atoms with Crippen LogP contribution in [0.15, 0.2) is 34.4 Å². The Morgan fingerprint density at radius 1 is 1.30 bits per heavy atom. The summed E-state index contributed by atoms with van der Waals surface area (Å²) < 4.78 is 27.0. The summed E-state index contributed by atoms with van der Waals surface area (Å²) in [5.74, 6) is -1.19. The average molecular weight is 335 g/mol. The van der Waals surface area contributed by atoms with Gasteiger partial charge in [-0.1, -0.05) is 6.07 Å². The lowest BCUT2D eigenvalue weighted by molar-refractivity contribution is 0.246. The Morgan fingerprint density at radius 3 is 2.83 bits per heavy atom. The van der Waals surface area contributed by atoms with Gasteiger partial charge in [0.2, 0.25) is 0 Å². The lowest BCUT2D eigenvalue weighted by atomic mass is 10.1. The van der Waals surface area contributed by atoms with Crippen LogP contribution in [0.5, 0.6) is 0 Å². The first-order valence-electron chi connectivity index (χ1n) is 7.07. The zero-order valence-electron chi connectivity index (χ0n) is 12.6. The van der Waals surface area contributed by atoms with E-state index in [0.29, 0.717) is 28.1 Å². The second kappa shape index (κ2) is 6.17. The van der Waals surface area contributed by atoms with Gasteiger partial charge in [-0.25, -0.2) is 13.8 Å². The maximum atomic E-state index is 13.4. The van der Waals surface area contributed by atoms with Crippen LogP contribution in [-0.4, -0.2) is 21.9 Å². The number of hydrogen-bond acceptors (Lipinski definition) is 4. The summed E-state index contributed by atoms with van der Waals surface area (Å²) in [5.41, 5.74) is 1.17. The van der Waals surface area contributed by atoms with E-state index in [1.165, 1.54) is 17.4 Å². The van der Waals surface area contributed by atoms with Crippen molar-refractivity contribution in [3.8, 4) is 0 Å². The van der Waals surface area contributed by atoms with E-state index >= 15 is 0 Å². The van der Waals surface area contributed by atoms with Crippen molar-refractivity contribution in [2.24, 2.45) is 0 Å². The summed E-state index contributed by atoms with van der Waals surface area (Å²) in [6, 6.07) is 5.50. The average Bonchev–Trinajstić information content (AvgIpc) is 2.98. The molecule has 0 aliphatic rings. The van der Waals surface area contributed by atoms with Crippen LogP contribution in [0.25, 0.3) is 10.2 Å². The van der Waals surface area contributed by atoms with Gasteiger partial charge in [-0.3, -0.25) is 9.69 Å². The first-order chi connectivity index (χ1) is 11.0. The molecule has 3 rings (SSSR count). The molecule has 3 aromatic rings. The van der Waals surface area contributed by atoms with Crippen LogP contribution in [0, 0.1) is 11.6 Å². The van der Waals surface area contributed by atoms with Crippen LogP contribution >= 0.6 is 11.3 Å². The molecule has 0 aliphatic heterocycles. The minimum atomic E-state index is -0.867. The van der Waals surface area contributed by atoms with E-state index in [4.69, 9.17) is 0 Å². The summed E-state index contributed by atoms with van der Waals surface area (Å²) in [7, 11) is 1.84. The third kappa shape index (κ3) is 3.16. The number of thiophene rings is 1. The maximum absolute atomic E-state index is 13.4. The summed E-state index contributed by atoms with van der Waals surface area (Å²) >= 11 is 1.35. The van der Waals surface area contributed by atoms with Gasteiger partial charge in [-0.15, -0.1) is 11.3 Å². The first-order valence-corrected chi connectivity index (χ1v) is 7.95. The van der Waals surface area contributed by atoms with Crippen molar-refractivity contribution in [3.05, 3.63) is 63.0 Å². The van der Waals surface area contributed by atoms with Gasteiger partial charge in [0.25, 0.3) is 5.56 Å². The van der Waals surface area contributed by atoms with Crippen molar-refractivity contribution in [1.82, 2.24) is 14.9 Å². The maximum Gasteiger partial charge on any atom is 0.268 e. The van der Waals surface area contributed by atoms with E-state index in [2.05, 4.69) is 9.97 Å². The Bertz CT molecular complexity index is 906. The van der Waals surface area contributed by atoms with Gasteiger partial charge < -0.3 is 4.98 Å². The van der Waals surface area contributed by atoms with E-state index in [0.717, 1.165) is 6.07 Å². The summed E-state index contributed by atoms with van der Waals surface area (Å²) in [6.07, 6.45) is 0. The highest BCUT2D eigenvalue weighted by atomic mass is 32.1. The monoisotopic (exact) mass is 335 g/mol. The quantitative estimate of drug-likeness (QED) is 0.794. The third-order valence-electron chi connectivity index (χ3n) is 3.85. The molecule has 0 saturated carbocycles. The smallest absolute Gasteiger partial charge is 0.268 e. The van der Waals surface area contributed by atoms with Gasteiger partial charge in [0.15, 0.2) is 11.6 Å². The minimum Gasteiger partial charge on any atom is -0.308 e. The normalized spacial score (nSPS) is 12.9. The Labute approximate surface area is 135 Å². The van der Waals surface area contributed by atoms with Gasteiger partial charge in [0, 0.05) is 6.04 Å². The number of fused-ring (bicyclic) bond motifs is 1. The van der Waals surface area contributed by atoms with Crippen molar-refractivity contribution in [3.63, 3.8) is 0 Å². The van der Waals surface area contributed by atoms with E-state index in [-0.39, 0.29) is 11.6 Å². The molecule has 0 fully saturated rings. The Hall–Kier alpha value is -2.12. The molecule has 0 aliphatic carbocycles. The van der Waals surface area contributed by atoms with Gasteiger partial charge >= 0.3 is 0 Å². The number of aromatic amines is 1.